The maximum Gasteiger partial charge on any atom is 0.216 e. The third-order valence-corrected chi connectivity index (χ3v) is 3.88. The summed E-state index contributed by atoms with van der Waals surface area (Å²) in [7, 11) is 1.62. The highest BCUT2D eigenvalue weighted by Gasteiger charge is 2.35. The molecule has 0 aliphatic carbocycles. The first-order valence-electron chi connectivity index (χ1n) is 6.47. The van der Waals surface area contributed by atoms with Gasteiger partial charge >= 0.3 is 0 Å². The number of fused-ring (bicyclic) bond motifs is 1. The highest BCUT2D eigenvalue weighted by molar-refractivity contribution is 5.74. The first-order chi connectivity index (χ1) is 9.65. The predicted molar refractivity (Wildman–Crippen MR) is 76.4 cm³/mol. The molecule has 0 bridgehead atoms. The Morgan fingerprint density at radius 3 is 2.85 bits per heavy atom. The lowest BCUT2D eigenvalue weighted by Crippen LogP contribution is -2.28. The minimum atomic E-state index is -0.482. The summed E-state index contributed by atoms with van der Waals surface area (Å²) in [5, 5.41) is 0. The lowest BCUT2D eigenvalue weighted by Gasteiger charge is -2.33. The first-order valence-corrected chi connectivity index (χ1v) is 6.47. The van der Waals surface area contributed by atoms with Crippen molar-refractivity contribution in [1.29, 1.82) is 0 Å². The van der Waals surface area contributed by atoms with Crippen LogP contribution in [0.3, 0.4) is 0 Å². The Kier molecular flexibility index (Phi) is 3.01. The minimum Gasteiger partial charge on any atom is -0.497 e. The second kappa shape index (κ2) is 4.71. The highest BCUT2D eigenvalue weighted by atomic mass is 19.1. The molecule has 1 aliphatic rings. The smallest absolute Gasteiger partial charge is 0.216 e. The average molecular weight is 270 g/mol. The molecule has 102 valence electrons. The highest BCUT2D eigenvalue weighted by Crippen LogP contribution is 2.44. The summed E-state index contributed by atoms with van der Waals surface area (Å²) in [6.45, 7) is 2.01. The molecule has 1 aromatic carbocycles. The number of methoxy groups -OCH3 is 1. The van der Waals surface area contributed by atoms with Crippen LogP contribution >= 0.6 is 0 Å². The van der Waals surface area contributed by atoms with Gasteiger partial charge in [-0.1, -0.05) is 13.0 Å². The van der Waals surface area contributed by atoms with Gasteiger partial charge in [-0.15, -0.1) is 0 Å². The van der Waals surface area contributed by atoms with Gasteiger partial charge in [-0.2, -0.15) is 4.39 Å². The standard InChI is InChI=1S/C16H15FN2O/c1-16(12-4-3-8-19-15(12)17)7-9-18-14-6-5-11(20-2)10-13(14)16/h3-6,8-10H,7H2,1-2H3. The number of halogens is 1. The molecule has 1 aromatic heterocycles. The molecule has 2 heterocycles. The Morgan fingerprint density at radius 1 is 1.25 bits per heavy atom. The van der Waals surface area contributed by atoms with Gasteiger partial charge in [0.25, 0.3) is 0 Å². The van der Waals surface area contributed by atoms with Crippen LogP contribution in [0.1, 0.15) is 24.5 Å². The maximum absolute atomic E-state index is 14.1. The van der Waals surface area contributed by atoms with Gasteiger partial charge in [-0.05, 0) is 36.2 Å². The van der Waals surface area contributed by atoms with Gasteiger partial charge in [0.1, 0.15) is 5.75 Å². The molecule has 1 aliphatic heterocycles. The monoisotopic (exact) mass is 270 g/mol. The van der Waals surface area contributed by atoms with E-state index in [1.807, 2.05) is 31.3 Å². The first kappa shape index (κ1) is 12.8. The van der Waals surface area contributed by atoms with Gasteiger partial charge in [0.05, 0.1) is 12.8 Å². The quantitative estimate of drug-likeness (QED) is 0.781. The van der Waals surface area contributed by atoms with E-state index in [-0.39, 0.29) is 0 Å². The van der Waals surface area contributed by atoms with Gasteiger partial charge in [-0.25, -0.2) is 4.98 Å². The van der Waals surface area contributed by atoms with Crippen LogP contribution in [0.5, 0.6) is 5.75 Å². The molecular formula is C16H15FN2O. The van der Waals surface area contributed by atoms with Crippen LogP contribution in [0, 0.1) is 5.95 Å². The van der Waals surface area contributed by atoms with E-state index in [9.17, 15) is 4.39 Å². The minimum absolute atomic E-state index is 0.431. The third-order valence-electron chi connectivity index (χ3n) is 3.88. The van der Waals surface area contributed by atoms with Crippen LogP contribution in [0.15, 0.2) is 41.5 Å². The second-order valence-corrected chi connectivity index (χ2v) is 5.07. The van der Waals surface area contributed by atoms with Crippen LogP contribution in [-0.4, -0.2) is 18.3 Å². The van der Waals surface area contributed by atoms with Crippen LogP contribution in [0.2, 0.25) is 0 Å². The topological polar surface area (TPSA) is 34.5 Å². The molecule has 0 fully saturated rings. The van der Waals surface area contributed by atoms with E-state index >= 15 is 0 Å². The molecule has 3 rings (SSSR count). The Balaban J connectivity index is 2.22. The normalized spacial score (nSPS) is 20.6. The summed E-state index contributed by atoms with van der Waals surface area (Å²) in [5.41, 5.74) is 1.92. The van der Waals surface area contributed by atoms with Crippen molar-refractivity contribution < 1.29 is 9.13 Å². The zero-order chi connectivity index (χ0) is 14.2. The van der Waals surface area contributed by atoms with Crippen molar-refractivity contribution in [3.05, 3.63) is 53.6 Å². The zero-order valence-electron chi connectivity index (χ0n) is 11.4. The van der Waals surface area contributed by atoms with Crippen molar-refractivity contribution in [3.8, 4) is 5.75 Å². The van der Waals surface area contributed by atoms with Crippen molar-refractivity contribution >= 4 is 11.9 Å². The average Bonchev–Trinajstić information content (AvgIpc) is 2.48. The van der Waals surface area contributed by atoms with E-state index < -0.39 is 11.4 Å². The molecule has 20 heavy (non-hydrogen) atoms. The Labute approximate surface area is 117 Å². The van der Waals surface area contributed by atoms with E-state index in [1.54, 1.807) is 19.2 Å². The number of pyridine rings is 1. The molecule has 0 spiro atoms. The summed E-state index contributed by atoms with van der Waals surface area (Å²) in [6, 6.07) is 9.23. The van der Waals surface area contributed by atoms with Gasteiger partial charge < -0.3 is 4.74 Å². The number of benzene rings is 1. The molecule has 0 amide bonds. The molecule has 1 atom stereocenters. The summed E-state index contributed by atoms with van der Waals surface area (Å²) in [5.74, 6) is 0.315. The van der Waals surface area contributed by atoms with Gasteiger partial charge in [-0.3, -0.25) is 4.99 Å². The van der Waals surface area contributed by atoms with Crippen LogP contribution in [0.25, 0.3) is 0 Å². The third kappa shape index (κ3) is 1.88. The van der Waals surface area contributed by atoms with Gasteiger partial charge in [0.2, 0.25) is 5.95 Å². The predicted octanol–water partition coefficient (Wildman–Crippen LogP) is 3.64. The van der Waals surface area contributed by atoms with Gasteiger partial charge in [0, 0.05) is 23.4 Å². The molecular weight excluding hydrogens is 255 g/mol. The number of rotatable bonds is 2. The van der Waals surface area contributed by atoms with Crippen LogP contribution in [-0.2, 0) is 5.41 Å². The van der Waals surface area contributed by atoms with Crippen molar-refractivity contribution in [3.63, 3.8) is 0 Å². The lowest BCUT2D eigenvalue weighted by molar-refractivity contribution is 0.412. The van der Waals surface area contributed by atoms with E-state index in [0.717, 1.165) is 17.0 Å². The fourth-order valence-corrected chi connectivity index (χ4v) is 2.69. The summed E-state index contributed by atoms with van der Waals surface area (Å²) < 4.78 is 19.4. The lowest BCUT2D eigenvalue weighted by atomic mass is 9.72. The molecule has 3 nitrogen and oxygen atoms in total. The fraction of sp³-hybridized carbons (Fsp3) is 0.250. The number of ether oxygens (including phenoxy) is 1. The zero-order valence-corrected chi connectivity index (χ0v) is 11.4. The molecule has 4 heteroatoms. The molecule has 1 unspecified atom stereocenters. The Hall–Kier alpha value is -2.23. The van der Waals surface area contributed by atoms with E-state index in [0.29, 0.717) is 12.0 Å². The largest absolute Gasteiger partial charge is 0.497 e. The molecule has 0 radical (unpaired) electrons. The SMILES string of the molecule is COc1ccc2c(c1)C(C)(c1cccnc1F)CC=N2. The molecule has 0 saturated carbocycles. The summed E-state index contributed by atoms with van der Waals surface area (Å²) in [6.07, 6.45) is 3.93. The fourth-order valence-electron chi connectivity index (χ4n) is 2.69. The number of aromatic nitrogens is 1. The van der Waals surface area contributed by atoms with Crippen molar-refractivity contribution in [2.24, 2.45) is 4.99 Å². The maximum atomic E-state index is 14.1. The molecule has 0 saturated heterocycles. The number of nitrogens with zero attached hydrogens (tertiary/aromatic N) is 2. The molecule has 2 aromatic rings. The van der Waals surface area contributed by atoms with Crippen molar-refractivity contribution in [1.82, 2.24) is 4.98 Å². The van der Waals surface area contributed by atoms with E-state index in [4.69, 9.17) is 4.74 Å². The van der Waals surface area contributed by atoms with E-state index in [2.05, 4.69) is 9.98 Å². The second-order valence-electron chi connectivity index (χ2n) is 5.07. The molecule has 0 N–H and O–H groups in total. The number of aliphatic imine (C=N–C) groups is 1. The summed E-state index contributed by atoms with van der Waals surface area (Å²) >= 11 is 0. The summed E-state index contributed by atoms with van der Waals surface area (Å²) in [4.78, 5) is 8.17. The van der Waals surface area contributed by atoms with Crippen LogP contribution in [0.4, 0.5) is 10.1 Å². The van der Waals surface area contributed by atoms with Crippen molar-refractivity contribution in [2.75, 3.05) is 7.11 Å². The number of hydrogen-bond donors (Lipinski definition) is 0. The Morgan fingerprint density at radius 2 is 2.10 bits per heavy atom. The van der Waals surface area contributed by atoms with Crippen molar-refractivity contribution in [2.45, 2.75) is 18.8 Å². The number of hydrogen-bond acceptors (Lipinski definition) is 3. The van der Waals surface area contributed by atoms with Crippen LogP contribution < -0.4 is 4.74 Å². The van der Waals surface area contributed by atoms with E-state index in [1.165, 1.54) is 6.20 Å². The Bertz CT molecular complexity index is 684. The van der Waals surface area contributed by atoms with Gasteiger partial charge in [0.15, 0.2) is 0 Å².